The van der Waals surface area contributed by atoms with Crippen molar-refractivity contribution in [2.24, 2.45) is 0 Å². The Hall–Kier alpha value is -2.48. The molecular weight excluding hydrogens is 381 g/mol. The molecule has 0 unspecified atom stereocenters. The van der Waals surface area contributed by atoms with Crippen LogP contribution in [0.2, 0.25) is 0 Å². The van der Waals surface area contributed by atoms with E-state index in [0.717, 1.165) is 27.4 Å². The number of nitrogens with zero attached hydrogens (tertiary/aromatic N) is 1. The Kier molecular flexibility index (Phi) is 8.01. The number of pyridine rings is 1. The Morgan fingerprint density at radius 3 is 1.46 bits per heavy atom. The first-order valence-corrected chi connectivity index (χ1v) is 8.37. The molecule has 3 aromatic carbocycles. The van der Waals surface area contributed by atoms with Crippen molar-refractivity contribution in [2.75, 3.05) is 0 Å². The molecule has 0 bridgehead atoms. The Morgan fingerprint density at radius 1 is 0.577 bits per heavy atom. The van der Waals surface area contributed by atoms with E-state index in [9.17, 15) is 0 Å². The maximum Gasteiger partial charge on any atom is 3.00 e. The number of benzene rings is 3. The van der Waals surface area contributed by atoms with Gasteiger partial charge in [-0.25, -0.2) is 0 Å². The standard InChI is InChI=1S/C17H11N.C6H6S.Ni/c1-3-8-14(9-4-1)16-12-7-13-17(18-16)15-10-5-2-6-11-15;7-6-4-2-1-3-5-6;/h1-8,10,12-13H;1-5,7H;/q-2;;+3/p-1. The Labute approximate surface area is 170 Å². The molecule has 3 heteroatoms. The fourth-order valence-electron chi connectivity index (χ4n) is 2.26. The van der Waals surface area contributed by atoms with E-state index >= 15 is 0 Å². The third-order valence-corrected chi connectivity index (χ3v) is 3.73. The Morgan fingerprint density at radius 2 is 1.08 bits per heavy atom. The molecule has 0 aliphatic heterocycles. The van der Waals surface area contributed by atoms with Crippen LogP contribution in [0, 0.1) is 12.1 Å². The molecule has 0 atom stereocenters. The van der Waals surface area contributed by atoms with E-state index in [1.807, 2.05) is 97.1 Å². The summed E-state index contributed by atoms with van der Waals surface area (Å²) in [6.07, 6.45) is 0. The second-order valence-electron chi connectivity index (χ2n) is 5.27. The molecule has 129 valence electrons. The molecule has 0 fully saturated rings. The molecule has 0 spiro atoms. The van der Waals surface area contributed by atoms with Gasteiger partial charge in [0.2, 0.25) is 0 Å². The molecule has 1 heterocycles. The van der Waals surface area contributed by atoms with Crippen molar-refractivity contribution in [1.29, 1.82) is 0 Å². The Balaban J connectivity index is 0.000000258. The second kappa shape index (κ2) is 10.5. The summed E-state index contributed by atoms with van der Waals surface area (Å²) < 4.78 is 0. The van der Waals surface area contributed by atoms with E-state index in [1.165, 1.54) is 0 Å². The zero-order valence-corrected chi connectivity index (χ0v) is 15.7. The van der Waals surface area contributed by atoms with Crippen molar-refractivity contribution < 1.29 is 16.5 Å². The number of hydrogen-bond acceptors (Lipinski definition) is 2. The van der Waals surface area contributed by atoms with E-state index < -0.39 is 0 Å². The molecule has 1 aromatic heterocycles. The predicted octanol–water partition coefficient (Wildman–Crippen LogP) is 5.61. The summed E-state index contributed by atoms with van der Waals surface area (Å²) in [5.74, 6) is 0. The number of hydrogen-bond donors (Lipinski definition) is 0. The minimum atomic E-state index is 0. The summed E-state index contributed by atoms with van der Waals surface area (Å²) in [6, 6.07) is 37.7. The predicted molar refractivity (Wildman–Crippen MR) is 105 cm³/mol. The molecule has 1 nitrogen and oxygen atoms in total. The van der Waals surface area contributed by atoms with Crippen molar-refractivity contribution in [2.45, 2.75) is 4.90 Å². The monoisotopic (exact) mass is 396 g/mol. The molecule has 0 amide bonds. The van der Waals surface area contributed by atoms with Crippen molar-refractivity contribution in [3.63, 3.8) is 0 Å². The number of rotatable bonds is 2. The SMILES string of the molecule is [Ni+3].[S-]c1ccccc1.[c-]1ccccc1-c1cccc(-c2[c-]cccc2)n1. The summed E-state index contributed by atoms with van der Waals surface area (Å²) in [5.41, 5.74) is 3.89. The van der Waals surface area contributed by atoms with Crippen LogP contribution in [0.1, 0.15) is 0 Å². The molecule has 4 aromatic rings. The maximum atomic E-state index is 4.81. The quantitative estimate of drug-likeness (QED) is 0.248. The molecule has 0 saturated heterocycles. The molecule has 0 aliphatic carbocycles. The summed E-state index contributed by atoms with van der Waals surface area (Å²) >= 11 is 4.81. The summed E-state index contributed by atoms with van der Waals surface area (Å²) in [6.45, 7) is 0. The van der Waals surface area contributed by atoms with Crippen LogP contribution in [0.25, 0.3) is 22.5 Å². The van der Waals surface area contributed by atoms with E-state index in [4.69, 9.17) is 12.6 Å². The molecule has 0 aliphatic rings. The van der Waals surface area contributed by atoms with E-state index in [-0.39, 0.29) is 16.5 Å². The third kappa shape index (κ3) is 5.80. The molecular formula is C23H16NNiS. The minimum Gasteiger partial charge on any atom is -0.780 e. The minimum absolute atomic E-state index is 0. The molecule has 4 rings (SSSR count). The van der Waals surface area contributed by atoms with E-state index in [0.29, 0.717) is 0 Å². The largest absolute Gasteiger partial charge is 3.00 e. The van der Waals surface area contributed by atoms with Crippen molar-refractivity contribution in [3.8, 4) is 22.5 Å². The first-order chi connectivity index (χ1) is 12.3. The van der Waals surface area contributed by atoms with Gasteiger partial charge in [-0.2, -0.15) is 4.90 Å². The van der Waals surface area contributed by atoms with Gasteiger partial charge in [-0.3, -0.25) is 0 Å². The van der Waals surface area contributed by atoms with E-state index in [1.54, 1.807) is 0 Å². The van der Waals surface area contributed by atoms with Crippen LogP contribution in [0.4, 0.5) is 0 Å². The molecule has 0 N–H and O–H groups in total. The van der Waals surface area contributed by atoms with Gasteiger partial charge in [0.15, 0.2) is 0 Å². The zero-order chi connectivity index (χ0) is 17.3. The van der Waals surface area contributed by atoms with Gasteiger partial charge in [0, 0.05) is 0 Å². The maximum absolute atomic E-state index is 4.81. The van der Waals surface area contributed by atoms with Crippen molar-refractivity contribution in [1.82, 2.24) is 4.98 Å². The summed E-state index contributed by atoms with van der Waals surface area (Å²) in [5, 5.41) is 0. The van der Waals surface area contributed by atoms with Crippen LogP contribution in [0.15, 0.2) is 102 Å². The average molecular weight is 397 g/mol. The first kappa shape index (κ1) is 19.8. The van der Waals surface area contributed by atoms with Gasteiger partial charge in [-0.15, -0.1) is 71.8 Å². The third-order valence-electron chi connectivity index (χ3n) is 3.46. The molecule has 1 radical (unpaired) electrons. The molecule has 26 heavy (non-hydrogen) atoms. The fraction of sp³-hybridized carbons (Fsp3) is 0. The Bertz CT molecular complexity index is 842. The van der Waals surface area contributed by atoms with Gasteiger partial charge in [0.05, 0.1) is 0 Å². The summed E-state index contributed by atoms with van der Waals surface area (Å²) in [4.78, 5) is 5.56. The van der Waals surface area contributed by atoms with Gasteiger partial charge in [0.25, 0.3) is 0 Å². The van der Waals surface area contributed by atoms with Crippen LogP contribution < -0.4 is 0 Å². The van der Waals surface area contributed by atoms with Crippen LogP contribution in [0.5, 0.6) is 0 Å². The summed E-state index contributed by atoms with van der Waals surface area (Å²) in [7, 11) is 0. The van der Waals surface area contributed by atoms with Gasteiger partial charge < -0.3 is 17.6 Å². The van der Waals surface area contributed by atoms with Gasteiger partial charge in [0.1, 0.15) is 0 Å². The zero-order valence-electron chi connectivity index (χ0n) is 13.9. The van der Waals surface area contributed by atoms with Crippen LogP contribution in [-0.4, -0.2) is 4.98 Å². The normalized spacial score (nSPS) is 9.38. The van der Waals surface area contributed by atoms with Gasteiger partial charge in [-0.1, -0.05) is 48.5 Å². The van der Waals surface area contributed by atoms with Crippen molar-refractivity contribution >= 4 is 12.6 Å². The van der Waals surface area contributed by atoms with Crippen molar-refractivity contribution in [3.05, 3.63) is 109 Å². The van der Waals surface area contributed by atoms with Gasteiger partial charge >= 0.3 is 16.5 Å². The first-order valence-electron chi connectivity index (χ1n) is 7.96. The topological polar surface area (TPSA) is 12.9 Å². The smallest absolute Gasteiger partial charge is 0.780 e. The molecule has 0 saturated carbocycles. The number of aromatic nitrogens is 1. The van der Waals surface area contributed by atoms with Crippen LogP contribution in [0.3, 0.4) is 0 Å². The van der Waals surface area contributed by atoms with Crippen LogP contribution in [-0.2, 0) is 29.1 Å². The van der Waals surface area contributed by atoms with Gasteiger partial charge in [-0.05, 0) is 11.4 Å². The van der Waals surface area contributed by atoms with Crippen LogP contribution >= 0.6 is 0 Å². The fourth-order valence-corrected chi connectivity index (χ4v) is 2.42. The second-order valence-corrected chi connectivity index (χ2v) is 5.75. The average Bonchev–Trinajstić information content (AvgIpc) is 2.71. The van der Waals surface area contributed by atoms with E-state index in [2.05, 4.69) is 17.1 Å².